The minimum Gasteiger partial charge on any atom is -0.478 e. The number of carboxylic acid groups (broad SMARTS) is 1. The number of nitrogens with zero attached hydrogens (tertiary/aromatic N) is 3. The normalized spacial score (nSPS) is 10.9. The van der Waals surface area contributed by atoms with Crippen molar-refractivity contribution in [1.82, 2.24) is 19.9 Å². The largest absolute Gasteiger partial charge is 0.478 e. The van der Waals surface area contributed by atoms with Gasteiger partial charge in [0, 0.05) is 0 Å². The van der Waals surface area contributed by atoms with E-state index in [1.165, 1.54) is 0 Å². The van der Waals surface area contributed by atoms with Gasteiger partial charge in [-0.1, -0.05) is 30.7 Å². The van der Waals surface area contributed by atoms with Gasteiger partial charge in [0.05, 0.1) is 22.3 Å². The van der Waals surface area contributed by atoms with Crippen molar-refractivity contribution in [3.8, 4) is 5.88 Å². The third-order valence-electron chi connectivity index (χ3n) is 6.95. The number of carboxylic acids is 1. The van der Waals surface area contributed by atoms with Crippen molar-refractivity contribution in [1.29, 1.82) is 0 Å². The van der Waals surface area contributed by atoms with Gasteiger partial charge in [-0.25, -0.2) is 9.59 Å². The molecule has 0 fully saturated rings. The predicted molar refractivity (Wildman–Crippen MR) is 163 cm³/mol. The Morgan fingerprint density at radius 2 is 1.26 bits per heavy atom. The van der Waals surface area contributed by atoms with Crippen molar-refractivity contribution in [2.24, 2.45) is 0 Å². The maximum Gasteiger partial charge on any atom is 0.344 e. The zero-order valence-electron chi connectivity index (χ0n) is 23.5. The molecule has 0 aliphatic rings. The van der Waals surface area contributed by atoms with Crippen molar-refractivity contribution in [2.45, 2.75) is 51.4 Å². The summed E-state index contributed by atoms with van der Waals surface area (Å²) in [5.41, 5.74) is 26.3. The van der Waals surface area contributed by atoms with E-state index in [2.05, 4.69) is 19.9 Å². The molecule has 0 unspecified atom stereocenters. The summed E-state index contributed by atoms with van der Waals surface area (Å²) in [4.78, 5) is 50.5. The maximum atomic E-state index is 12.9. The fourth-order valence-corrected chi connectivity index (χ4v) is 4.64. The van der Waals surface area contributed by atoms with E-state index in [1.54, 1.807) is 36.4 Å². The number of nitrogens with two attached hydrogens (primary N) is 4. The molecule has 0 atom stereocenters. The first-order valence-corrected chi connectivity index (χ1v) is 13.8. The summed E-state index contributed by atoms with van der Waals surface area (Å²) in [6, 6.07) is 13.7. The summed E-state index contributed by atoms with van der Waals surface area (Å²) in [5.74, 6) is -1.39. The molecule has 10 N–H and O–H groups in total. The van der Waals surface area contributed by atoms with Crippen molar-refractivity contribution >= 4 is 35.5 Å². The van der Waals surface area contributed by atoms with Gasteiger partial charge in [0.25, 0.3) is 5.56 Å². The molecule has 43 heavy (non-hydrogen) atoms. The number of nitrogens with one attached hydrogen (secondary N) is 1. The lowest BCUT2D eigenvalue weighted by atomic mass is 10.0. The van der Waals surface area contributed by atoms with Gasteiger partial charge in [-0.3, -0.25) is 9.78 Å². The highest BCUT2D eigenvalue weighted by Crippen LogP contribution is 2.25. The van der Waals surface area contributed by atoms with Gasteiger partial charge in [-0.15, -0.1) is 0 Å². The van der Waals surface area contributed by atoms with Crippen molar-refractivity contribution in [2.75, 3.05) is 22.9 Å². The molecular formula is C30H34N8O5. The Hall–Kier alpha value is -5.46. The Morgan fingerprint density at radius 3 is 1.88 bits per heavy atom. The fourth-order valence-electron chi connectivity index (χ4n) is 4.64. The molecule has 0 saturated heterocycles. The molecule has 4 rings (SSSR count). The highest BCUT2D eigenvalue weighted by molar-refractivity contribution is 5.91. The van der Waals surface area contributed by atoms with Crippen LogP contribution in [0.25, 0.3) is 0 Å². The number of benzene rings is 2. The van der Waals surface area contributed by atoms with Gasteiger partial charge in [-0.2, -0.15) is 15.0 Å². The standard InChI is InChI=1S/C30H34N8O5/c31-23-21(25(39)37-29(33)35-23)7-3-1-2-5-17-11-15-20(16-12-17)28(42)43-26-22(24(32)36-30(34)38-26)8-4-6-18-9-13-19(14-10-18)27(40)41/h9-16H,1-8H2,(H,40,41)(H4,32,34,36,38)(H5,31,33,35,37,39). The van der Waals surface area contributed by atoms with E-state index in [9.17, 15) is 14.4 Å². The third-order valence-corrected chi connectivity index (χ3v) is 6.95. The summed E-state index contributed by atoms with van der Waals surface area (Å²) in [7, 11) is 0. The van der Waals surface area contributed by atoms with E-state index in [1.807, 2.05) is 12.1 Å². The molecule has 0 bridgehead atoms. The number of aromatic amines is 1. The molecule has 0 aliphatic heterocycles. The fraction of sp³-hybridized carbons (Fsp3) is 0.267. The maximum absolute atomic E-state index is 12.9. The number of H-pyrrole nitrogens is 1. The second kappa shape index (κ2) is 13.9. The van der Waals surface area contributed by atoms with Gasteiger partial charge >= 0.3 is 11.9 Å². The van der Waals surface area contributed by atoms with E-state index in [0.717, 1.165) is 36.8 Å². The highest BCUT2D eigenvalue weighted by atomic mass is 16.5. The average molecular weight is 587 g/mol. The van der Waals surface area contributed by atoms with Gasteiger partial charge in [0.15, 0.2) is 0 Å². The van der Waals surface area contributed by atoms with Gasteiger partial charge in [0.2, 0.25) is 17.8 Å². The lowest BCUT2D eigenvalue weighted by Crippen LogP contribution is -2.19. The van der Waals surface area contributed by atoms with E-state index in [4.69, 9.17) is 32.8 Å². The van der Waals surface area contributed by atoms with Crippen LogP contribution < -0.4 is 33.2 Å². The number of nitrogen functional groups attached to an aromatic ring is 4. The topological polar surface area (TPSA) is 239 Å². The number of aromatic nitrogens is 4. The van der Waals surface area contributed by atoms with Crippen molar-refractivity contribution in [3.05, 3.63) is 92.3 Å². The minimum absolute atomic E-state index is 0.00309. The number of esters is 1. The Kier molecular flexibility index (Phi) is 9.89. The number of anilines is 4. The molecule has 0 saturated carbocycles. The summed E-state index contributed by atoms with van der Waals surface area (Å²) >= 11 is 0. The summed E-state index contributed by atoms with van der Waals surface area (Å²) in [6.45, 7) is 0. The molecule has 2 aromatic carbocycles. The summed E-state index contributed by atoms with van der Waals surface area (Å²) in [6.07, 6.45) is 5.53. The molecule has 0 radical (unpaired) electrons. The Morgan fingerprint density at radius 1 is 0.698 bits per heavy atom. The number of carbonyl (C=O) groups is 2. The minimum atomic E-state index is -0.981. The number of aryl methyl sites for hydroxylation is 2. The molecule has 13 nitrogen and oxygen atoms in total. The SMILES string of the molecule is Nc1nc(N)c(CCCc2ccc(C(=O)O)cc2)c(OC(=O)c2ccc(CCCCCc3c(N)nc(N)[nH]c3=O)cc2)n1. The molecule has 13 heteroatoms. The zero-order valence-corrected chi connectivity index (χ0v) is 23.5. The van der Waals surface area contributed by atoms with Crippen LogP contribution in [-0.2, 0) is 25.7 Å². The first-order valence-electron chi connectivity index (χ1n) is 13.8. The monoisotopic (exact) mass is 586 g/mol. The van der Waals surface area contributed by atoms with E-state index < -0.39 is 11.9 Å². The van der Waals surface area contributed by atoms with Crippen LogP contribution in [0, 0.1) is 0 Å². The number of unbranched alkanes of at least 4 members (excludes halogenated alkanes) is 2. The molecule has 2 aromatic heterocycles. The van der Waals surface area contributed by atoms with Gasteiger partial charge in [-0.05, 0) is 80.3 Å². The quantitative estimate of drug-likeness (QED) is 0.0979. The molecule has 4 aromatic rings. The van der Waals surface area contributed by atoms with Crippen LogP contribution in [0.4, 0.5) is 23.5 Å². The van der Waals surface area contributed by atoms with Crippen LogP contribution in [0.2, 0.25) is 0 Å². The summed E-state index contributed by atoms with van der Waals surface area (Å²) < 4.78 is 5.59. The van der Waals surface area contributed by atoms with Crippen LogP contribution in [0.5, 0.6) is 5.88 Å². The number of ether oxygens (including phenoxy) is 1. The van der Waals surface area contributed by atoms with Gasteiger partial charge in [0.1, 0.15) is 11.6 Å². The zero-order chi connectivity index (χ0) is 30.9. The number of rotatable bonds is 13. The van der Waals surface area contributed by atoms with Crippen LogP contribution in [0.3, 0.4) is 0 Å². The molecule has 0 aliphatic carbocycles. The number of carbonyl (C=O) groups excluding carboxylic acids is 1. The molecule has 0 amide bonds. The first kappa shape index (κ1) is 30.5. The van der Waals surface area contributed by atoms with Crippen molar-refractivity contribution in [3.63, 3.8) is 0 Å². The number of aromatic carboxylic acids is 1. The average Bonchev–Trinajstić information content (AvgIpc) is 2.96. The van der Waals surface area contributed by atoms with Crippen molar-refractivity contribution < 1.29 is 19.4 Å². The van der Waals surface area contributed by atoms with E-state index in [-0.39, 0.29) is 40.5 Å². The first-order chi connectivity index (χ1) is 20.6. The molecular weight excluding hydrogens is 552 g/mol. The van der Waals surface area contributed by atoms with Crippen LogP contribution >= 0.6 is 0 Å². The second-order valence-electron chi connectivity index (χ2n) is 10.1. The van der Waals surface area contributed by atoms with Crippen LogP contribution in [-0.4, -0.2) is 37.0 Å². The smallest absolute Gasteiger partial charge is 0.344 e. The lowest BCUT2D eigenvalue weighted by Gasteiger charge is -2.12. The molecule has 0 spiro atoms. The number of hydrogen-bond acceptors (Lipinski definition) is 11. The van der Waals surface area contributed by atoms with Gasteiger partial charge < -0.3 is 32.8 Å². The number of hydrogen-bond donors (Lipinski definition) is 6. The summed E-state index contributed by atoms with van der Waals surface area (Å²) in [5, 5.41) is 9.06. The predicted octanol–water partition coefficient (Wildman–Crippen LogP) is 2.94. The Labute approximate surface area is 247 Å². The second-order valence-corrected chi connectivity index (χ2v) is 10.1. The molecule has 224 valence electrons. The highest BCUT2D eigenvalue weighted by Gasteiger charge is 2.18. The van der Waals surface area contributed by atoms with Crippen LogP contribution in [0.15, 0.2) is 53.3 Å². The van der Waals surface area contributed by atoms with E-state index in [0.29, 0.717) is 42.4 Å². The third kappa shape index (κ3) is 8.28. The Bertz CT molecular complexity index is 1650. The van der Waals surface area contributed by atoms with Crippen LogP contribution in [0.1, 0.15) is 68.7 Å². The Balaban J connectivity index is 1.29. The van der Waals surface area contributed by atoms with E-state index >= 15 is 0 Å². The molecule has 2 heterocycles. The lowest BCUT2D eigenvalue weighted by molar-refractivity contribution is 0.0693.